The Kier molecular flexibility index (Phi) is 5.14. The average Bonchev–Trinajstić information content (AvgIpc) is 2.65. The van der Waals surface area contributed by atoms with Crippen LogP contribution in [0.2, 0.25) is 10.0 Å². The van der Waals surface area contributed by atoms with E-state index in [1.165, 1.54) is 0 Å². The molecule has 1 heterocycles. The molecule has 0 bridgehead atoms. The predicted molar refractivity (Wildman–Crippen MR) is 89.4 cm³/mol. The third-order valence-electron chi connectivity index (χ3n) is 3.80. The first-order chi connectivity index (χ1) is 10.3. The largest absolute Gasteiger partial charge is 0.349 e. The van der Waals surface area contributed by atoms with Crippen molar-refractivity contribution in [2.75, 3.05) is 0 Å². The Morgan fingerprint density at radius 3 is 2.59 bits per heavy atom. The van der Waals surface area contributed by atoms with Crippen molar-refractivity contribution in [3.63, 3.8) is 0 Å². The number of carbonyl (C=O) groups excluding carboxylic acids is 1. The summed E-state index contributed by atoms with van der Waals surface area (Å²) in [4.78, 5) is 12.3. The molecule has 1 amide bonds. The summed E-state index contributed by atoms with van der Waals surface area (Å²) in [6.07, 6.45) is 0.307. The van der Waals surface area contributed by atoms with Gasteiger partial charge in [-0.05, 0) is 38.5 Å². The van der Waals surface area contributed by atoms with Gasteiger partial charge in [-0.3, -0.25) is 9.48 Å². The minimum atomic E-state index is -0.186. The summed E-state index contributed by atoms with van der Waals surface area (Å²) < 4.78 is 1.79. The fourth-order valence-electron chi connectivity index (χ4n) is 2.46. The standard InChI is InChI=1S/C16H19Cl2N3O/c1-9(13-6-5-12(17)7-15(13)18)19-16(22)8-14-10(2)20-21(4)11(14)3/h5-7,9H,8H2,1-4H3,(H,19,22). The smallest absolute Gasteiger partial charge is 0.225 e. The molecule has 1 atom stereocenters. The van der Waals surface area contributed by atoms with E-state index in [1.807, 2.05) is 33.9 Å². The van der Waals surface area contributed by atoms with Gasteiger partial charge in [-0.1, -0.05) is 29.3 Å². The summed E-state index contributed by atoms with van der Waals surface area (Å²) in [5, 5.41) is 8.42. The fourth-order valence-corrected chi connectivity index (χ4v) is 3.03. The van der Waals surface area contributed by atoms with Crippen LogP contribution in [0.3, 0.4) is 0 Å². The molecule has 0 aliphatic rings. The molecule has 0 radical (unpaired) electrons. The van der Waals surface area contributed by atoms with E-state index in [2.05, 4.69) is 10.4 Å². The molecule has 1 aromatic heterocycles. The molecule has 22 heavy (non-hydrogen) atoms. The second kappa shape index (κ2) is 6.71. The van der Waals surface area contributed by atoms with Crippen LogP contribution in [-0.2, 0) is 18.3 Å². The number of aryl methyl sites for hydroxylation is 2. The highest BCUT2D eigenvalue weighted by molar-refractivity contribution is 6.35. The van der Waals surface area contributed by atoms with Gasteiger partial charge in [0.15, 0.2) is 0 Å². The van der Waals surface area contributed by atoms with E-state index < -0.39 is 0 Å². The average molecular weight is 340 g/mol. The molecule has 118 valence electrons. The fraction of sp³-hybridized carbons (Fsp3) is 0.375. The topological polar surface area (TPSA) is 46.9 Å². The summed E-state index contributed by atoms with van der Waals surface area (Å²) >= 11 is 12.1. The van der Waals surface area contributed by atoms with Gasteiger partial charge in [0.05, 0.1) is 18.2 Å². The van der Waals surface area contributed by atoms with Crippen LogP contribution < -0.4 is 5.32 Å². The quantitative estimate of drug-likeness (QED) is 0.921. The molecule has 0 spiro atoms. The Balaban J connectivity index is 2.08. The summed E-state index contributed by atoms with van der Waals surface area (Å²) in [6, 6.07) is 5.09. The van der Waals surface area contributed by atoms with Gasteiger partial charge in [-0.15, -0.1) is 0 Å². The molecule has 0 saturated carbocycles. The summed E-state index contributed by atoms with van der Waals surface area (Å²) in [6.45, 7) is 5.77. The molecule has 0 saturated heterocycles. The number of amides is 1. The minimum Gasteiger partial charge on any atom is -0.349 e. The van der Waals surface area contributed by atoms with Crippen molar-refractivity contribution in [2.45, 2.75) is 33.2 Å². The molecule has 1 aromatic carbocycles. The van der Waals surface area contributed by atoms with E-state index in [4.69, 9.17) is 23.2 Å². The molecular formula is C16H19Cl2N3O. The number of hydrogen-bond donors (Lipinski definition) is 1. The van der Waals surface area contributed by atoms with Crippen molar-refractivity contribution >= 4 is 29.1 Å². The first-order valence-electron chi connectivity index (χ1n) is 7.03. The second-order valence-corrected chi connectivity index (χ2v) is 6.25. The van der Waals surface area contributed by atoms with Gasteiger partial charge in [0, 0.05) is 28.4 Å². The Labute approximate surface area is 140 Å². The third-order valence-corrected chi connectivity index (χ3v) is 4.37. The lowest BCUT2D eigenvalue weighted by Crippen LogP contribution is -2.28. The van der Waals surface area contributed by atoms with Gasteiger partial charge in [0.1, 0.15) is 0 Å². The first-order valence-corrected chi connectivity index (χ1v) is 7.78. The van der Waals surface area contributed by atoms with Crippen LogP contribution >= 0.6 is 23.2 Å². The monoisotopic (exact) mass is 339 g/mol. The van der Waals surface area contributed by atoms with Crippen LogP contribution in [0.5, 0.6) is 0 Å². The molecule has 2 aromatic rings. The third kappa shape index (κ3) is 3.62. The van der Waals surface area contributed by atoms with Crippen LogP contribution in [0.4, 0.5) is 0 Å². The number of benzene rings is 1. The van der Waals surface area contributed by atoms with Crippen molar-refractivity contribution < 1.29 is 4.79 Å². The van der Waals surface area contributed by atoms with Crippen molar-refractivity contribution in [2.24, 2.45) is 7.05 Å². The van der Waals surface area contributed by atoms with E-state index >= 15 is 0 Å². The zero-order chi connectivity index (χ0) is 16.4. The van der Waals surface area contributed by atoms with Crippen molar-refractivity contribution in [1.82, 2.24) is 15.1 Å². The lowest BCUT2D eigenvalue weighted by molar-refractivity contribution is -0.121. The lowest BCUT2D eigenvalue weighted by atomic mass is 10.1. The van der Waals surface area contributed by atoms with Gasteiger partial charge in [-0.2, -0.15) is 5.10 Å². The van der Waals surface area contributed by atoms with E-state index in [0.29, 0.717) is 16.5 Å². The second-order valence-electron chi connectivity index (χ2n) is 5.40. The maximum absolute atomic E-state index is 12.3. The maximum atomic E-state index is 12.3. The Morgan fingerprint density at radius 2 is 2.05 bits per heavy atom. The van der Waals surface area contributed by atoms with Gasteiger partial charge < -0.3 is 5.32 Å². The zero-order valence-corrected chi connectivity index (χ0v) is 14.6. The lowest BCUT2D eigenvalue weighted by Gasteiger charge is -2.16. The highest BCUT2D eigenvalue weighted by atomic mass is 35.5. The van der Waals surface area contributed by atoms with Gasteiger partial charge >= 0.3 is 0 Å². The Bertz CT molecular complexity index is 710. The molecule has 0 fully saturated rings. The number of aromatic nitrogens is 2. The Hall–Kier alpha value is -1.52. The number of nitrogens with one attached hydrogen (secondary N) is 1. The Morgan fingerprint density at radius 1 is 1.36 bits per heavy atom. The van der Waals surface area contributed by atoms with Gasteiger partial charge in [0.2, 0.25) is 5.91 Å². The van der Waals surface area contributed by atoms with Gasteiger partial charge in [-0.25, -0.2) is 0 Å². The van der Waals surface area contributed by atoms with Crippen molar-refractivity contribution in [3.05, 3.63) is 50.8 Å². The maximum Gasteiger partial charge on any atom is 0.225 e. The van der Waals surface area contributed by atoms with Crippen LogP contribution in [-0.4, -0.2) is 15.7 Å². The highest BCUT2D eigenvalue weighted by Crippen LogP contribution is 2.26. The van der Waals surface area contributed by atoms with Crippen LogP contribution in [0.15, 0.2) is 18.2 Å². The molecule has 2 rings (SSSR count). The molecular weight excluding hydrogens is 321 g/mol. The summed E-state index contributed by atoms with van der Waals surface area (Å²) in [5.41, 5.74) is 3.70. The van der Waals surface area contributed by atoms with E-state index in [0.717, 1.165) is 22.5 Å². The van der Waals surface area contributed by atoms with Crippen LogP contribution in [0, 0.1) is 13.8 Å². The number of carbonyl (C=O) groups is 1. The minimum absolute atomic E-state index is 0.0577. The van der Waals surface area contributed by atoms with E-state index in [9.17, 15) is 4.79 Å². The zero-order valence-electron chi connectivity index (χ0n) is 13.1. The molecule has 1 unspecified atom stereocenters. The van der Waals surface area contributed by atoms with Crippen molar-refractivity contribution in [3.8, 4) is 0 Å². The first kappa shape index (κ1) is 16.8. The van der Waals surface area contributed by atoms with E-state index in [-0.39, 0.29) is 11.9 Å². The molecule has 6 heteroatoms. The predicted octanol–water partition coefficient (Wildman–Crippen LogP) is 3.76. The molecule has 1 N–H and O–H groups in total. The normalized spacial score (nSPS) is 12.3. The van der Waals surface area contributed by atoms with E-state index in [1.54, 1.807) is 16.8 Å². The summed E-state index contributed by atoms with van der Waals surface area (Å²) in [5.74, 6) is -0.0577. The number of nitrogens with zero attached hydrogens (tertiary/aromatic N) is 2. The molecule has 0 aliphatic heterocycles. The molecule has 4 nitrogen and oxygen atoms in total. The van der Waals surface area contributed by atoms with Crippen molar-refractivity contribution in [1.29, 1.82) is 0 Å². The SMILES string of the molecule is Cc1nn(C)c(C)c1CC(=O)NC(C)c1ccc(Cl)cc1Cl. The van der Waals surface area contributed by atoms with Crippen LogP contribution in [0.1, 0.15) is 35.5 Å². The number of halogens is 2. The van der Waals surface area contributed by atoms with Crippen LogP contribution in [0.25, 0.3) is 0 Å². The number of rotatable bonds is 4. The number of hydrogen-bond acceptors (Lipinski definition) is 2. The highest BCUT2D eigenvalue weighted by Gasteiger charge is 2.17. The van der Waals surface area contributed by atoms with Gasteiger partial charge in [0.25, 0.3) is 0 Å². The summed E-state index contributed by atoms with van der Waals surface area (Å²) in [7, 11) is 1.87. The molecule has 0 aliphatic carbocycles.